The molecule has 1 aromatic rings. The third kappa shape index (κ3) is 2.12. The molecular weight excluding hydrogens is 195 g/mol. The van der Waals surface area contributed by atoms with Gasteiger partial charge >= 0.3 is 6.18 Å². The van der Waals surface area contributed by atoms with Crippen LogP contribution in [-0.4, -0.2) is 9.97 Å². The van der Waals surface area contributed by atoms with Crippen molar-refractivity contribution in [2.45, 2.75) is 25.9 Å². The van der Waals surface area contributed by atoms with Crippen LogP contribution in [0.1, 0.15) is 31.0 Å². The molecule has 1 heterocycles. The van der Waals surface area contributed by atoms with Crippen LogP contribution < -0.4 is 5.73 Å². The summed E-state index contributed by atoms with van der Waals surface area (Å²) in [6.45, 7) is 3.29. The maximum Gasteiger partial charge on any atom is 0.433 e. The molecule has 14 heavy (non-hydrogen) atoms. The van der Waals surface area contributed by atoms with Crippen LogP contribution in [-0.2, 0) is 6.18 Å². The molecule has 0 aliphatic heterocycles. The summed E-state index contributed by atoms with van der Waals surface area (Å²) in [5, 5.41) is 0. The zero-order valence-corrected chi connectivity index (χ0v) is 7.76. The lowest BCUT2D eigenvalue weighted by Crippen LogP contribution is -2.15. The number of aromatic nitrogens is 2. The Morgan fingerprint density at radius 3 is 2.36 bits per heavy atom. The highest BCUT2D eigenvalue weighted by Crippen LogP contribution is 2.33. The number of halogens is 3. The molecule has 0 aromatic carbocycles. The lowest BCUT2D eigenvalue weighted by atomic mass is 10.0. The highest BCUT2D eigenvalue weighted by Gasteiger charge is 2.36. The van der Waals surface area contributed by atoms with Crippen molar-refractivity contribution in [3.63, 3.8) is 0 Å². The summed E-state index contributed by atoms with van der Waals surface area (Å²) in [5.74, 6) is -0.644. The molecule has 0 atom stereocenters. The Balaban J connectivity index is 3.30. The van der Waals surface area contributed by atoms with Gasteiger partial charge in [-0.3, -0.25) is 0 Å². The number of alkyl halides is 3. The summed E-state index contributed by atoms with van der Waals surface area (Å²) >= 11 is 0. The van der Waals surface area contributed by atoms with Gasteiger partial charge in [-0.05, 0) is 5.92 Å². The Morgan fingerprint density at radius 2 is 1.93 bits per heavy atom. The molecule has 0 spiro atoms. The first-order valence-electron chi connectivity index (χ1n) is 4.02. The van der Waals surface area contributed by atoms with Crippen LogP contribution in [0.5, 0.6) is 0 Å². The molecule has 0 aliphatic carbocycles. The molecule has 6 heteroatoms. The SMILES string of the molecule is CC(C)c1cnc(N)nc1C(F)(F)F. The van der Waals surface area contributed by atoms with Gasteiger partial charge in [-0.25, -0.2) is 9.97 Å². The summed E-state index contributed by atoms with van der Waals surface area (Å²) in [7, 11) is 0. The first-order valence-corrected chi connectivity index (χ1v) is 4.02. The van der Waals surface area contributed by atoms with Gasteiger partial charge < -0.3 is 5.73 Å². The van der Waals surface area contributed by atoms with Gasteiger partial charge in [0.25, 0.3) is 0 Å². The van der Waals surface area contributed by atoms with Crippen LogP contribution in [0.3, 0.4) is 0 Å². The van der Waals surface area contributed by atoms with Gasteiger partial charge in [-0.1, -0.05) is 13.8 Å². The molecule has 0 saturated heterocycles. The maximum absolute atomic E-state index is 12.4. The van der Waals surface area contributed by atoms with Crippen molar-refractivity contribution in [1.29, 1.82) is 0 Å². The van der Waals surface area contributed by atoms with Crippen molar-refractivity contribution in [1.82, 2.24) is 9.97 Å². The minimum Gasteiger partial charge on any atom is -0.368 e. The van der Waals surface area contributed by atoms with E-state index in [-0.39, 0.29) is 17.4 Å². The minimum atomic E-state index is -4.48. The second kappa shape index (κ2) is 3.43. The summed E-state index contributed by atoms with van der Waals surface area (Å²) < 4.78 is 37.3. The normalized spacial score (nSPS) is 12.1. The van der Waals surface area contributed by atoms with Gasteiger partial charge in [-0.2, -0.15) is 13.2 Å². The number of nitrogens with two attached hydrogens (primary N) is 1. The largest absolute Gasteiger partial charge is 0.433 e. The average Bonchev–Trinajstić information content (AvgIpc) is 2.01. The maximum atomic E-state index is 12.4. The summed E-state index contributed by atoms with van der Waals surface area (Å²) in [4.78, 5) is 6.75. The Bertz CT molecular complexity index is 333. The first kappa shape index (κ1) is 10.7. The van der Waals surface area contributed by atoms with Crippen LogP contribution >= 0.6 is 0 Å². The van der Waals surface area contributed by atoms with Crippen molar-refractivity contribution in [3.8, 4) is 0 Å². The second-order valence-electron chi connectivity index (χ2n) is 3.18. The third-order valence-electron chi connectivity index (χ3n) is 1.73. The Kier molecular flexibility index (Phi) is 2.64. The topological polar surface area (TPSA) is 51.8 Å². The van der Waals surface area contributed by atoms with Gasteiger partial charge in [0.1, 0.15) is 0 Å². The van der Waals surface area contributed by atoms with Crippen LogP contribution in [0.4, 0.5) is 19.1 Å². The van der Waals surface area contributed by atoms with Crippen LogP contribution in [0.25, 0.3) is 0 Å². The first-order chi connectivity index (χ1) is 6.32. The smallest absolute Gasteiger partial charge is 0.368 e. The summed E-state index contributed by atoms with van der Waals surface area (Å²) in [5.41, 5.74) is 4.22. The molecule has 1 rings (SSSR count). The Hall–Kier alpha value is -1.33. The van der Waals surface area contributed by atoms with Gasteiger partial charge in [0.15, 0.2) is 5.69 Å². The van der Waals surface area contributed by atoms with E-state index in [2.05, 4.69) is 9.97 Å². The zero-order valence-electron chi connectivity index (χ0n) is 7.76. The molecule has 0 unspecified atom stereocenters. The number of rotatable bonds is 1. The van der Waals surface area contributed by atoms with Crippen molar-refractivity contribution in [3.05, 3.63) is 17.5 Å². The number of anilines is 1. The molecule has 0 aliphatic rings. The predicted octanol–water partition coefficient (Wildman–Crippen LogP) is 2.20. The monoisotopic (exact) mass is 205 g/mol. The van der Waals surface area contributed by atoms with E-state index >= 15 is 0 Å². The van der Waals surface area contributed by atoms with Crippen LogP contribution in [0.15, 0.2) is 6.20 Å². The van der Waals surface area contributed by atoms with E-state index in [9.17, 15) is 13.2 Å². The molecule has 0 radical (unpaired) electrons. The molecular formula is C8H10F3N3. The molecule has 2 N–H and O–H groups in total. The summed E-state index contributed by atoms with van der Waals surface area (Å²) in [6.07, 6.45) is -3.35. The van der Waals surface area contributed by atoms with E-state index in [0.717, 1.165) is 6.20 Å². The van der Waals surface area contributed by atoms with E-state index < -0.39 is 11.9 Å². The van der Waals surface area contributed by atoms with Gasteiger partial charge in [0, 0.05) is 11.8 Å². The second-order valence-corrected chi connectivity index (χ2v) is 3.18. The van der Waals surface area contributed by atoms with Gasteiger partial charge in [-0.15, -0.1) is 0 Å². The van der Waals surface area contributed by atoms with Crippen molar-refractivity contribution in [2.24, 2.45) is 0 Å². The fourth-order valence-corrected chi connectivity index (χ4v) is 1.05. The number of nitrogens with zero attached hydrogens (tertiary/aromatic N) is 2. The number of hydrogen-bond acceptors (Lipinski definition) is 3. The zero-order chi connectivity index (χ0) is 10.9. The number of hydrogen-bond donors (Lipinski definition) is 1. The van der Waals surface area contributed by atoms with Gasteiger partial charge in [0.05, 0.1) is 0 Å². The molecule has 0 fully saturated rings. The van der Waals surface area contributed by atoms with Crippen molar-refractivity contribution >= 4 is 5.95 Å². The molecule has 78 valence electrons. The highest BCUT2D eigenvalue weighted by molar-refractivity contribution is 5.29. The van der Waals surface area contributed by atoms with E-state index in [1.807, 2.05) is 0 Å². The lowest BCUT2D eigenvalue weighted by molar-refractivity contribution is -0.142. The predicted molar refractivity (Wildman–Crippen MR) is 45.5 cm³/mol. The Labute approximate surface area is 79.2 Å². The summed E-state index contributed by atoms with van der Waals surface area (Å²) in [6, 6.07) is 0. The standard InChI is InChI=1S/C8H10F3N3/c1-4(2)5-3-13-7(12)14-6(5)8(9,10)11/h3-4H,1-2H3,(H2,12,13,14). The molecule has 3 nitrogen and oxygen atoms in total. The lowest BCUT2D eigenvalue weighted by Gasteiger charge is -2.13. The fourth-order valence-electron chi connectivity index (χ4n) is 1.05. The van der Waals surface area contributed by atoms with Crippen molar-refractivity contribution < 1.29 is 13.2 Å². The molecule has 0 saturated carbocycles. The van der Waals surface area contributed by atoms with Crippen molar-refractivity contribution in [2.75, 3.05) is 5.73 Å². The molecule has 1 aromatic heterocycles. The fraction of sp³-hybridized carbons (Fsp3) is 0.500. The van der Waals surface area contributed by atoms with E-state index in [1.165, 1.54) is 0 Å². The van der Waals surface area contributed by atoms with Crippen LogP contribution in [0, 0.1) is 0 Å². The van der Waals surface area contributed by atoms with Crippen LogP contribution in [0.2, 0.25) is 0 Å². The number of nitrogen functional groups attached to an aromatic ring is 1. The molecule has 0 amide bonds. The van der Waals surface area contributed by atoms with E-state index in [4.69, 9.17) is 5.73 Å². The quantitative estimate of drug-likeness (QED) is 0.764. The molecule has 0 bridgehead atoms. The van der Waals surface area contributed by atoms with Gasteiger partial charge in [0.2, 0.25) is 5.95 Å². The third-order valence-corrected chi connectivity index (χ3v) is 1.73. The Morgan fingerprint density at radius 1 is 1.36 bits per heavy atom. The average molecular weight is 205 g/mol. The van der Waals surface area contributed by atoms with E-state index in [1.54, 1.807) is 13.8 Å². The minimum absolute atomic E-state index is 0.0618. The highest BCUT2D eigenvalue weighted by atomic mass is 19.4. The van der Waals surface area contributed by atoms with E-state index in [0.29, 0.717) is 0 Å².